The highest BCUT2D eigenvalue weighted by atomic mass is 79.9. The standard InChI is InChI=1S/C11H14BrN3O4/c1-7(19-2)6-13-11(16)14-8-3-4-9(12)10(5-8)15(17)18/h3-5,7H,6H2,1-2H3,(H2,13,14,16)/t7-/m1/s1. The zero-order valence-corrected chi connectivity index (χ0v) is 12.1. The molecule has 2 amide bonds. The maximum atomic E-state index is 11.5. The summed E-state index contributed by atoms with van der Waals surface area (Å²) in [5, 5.41) is 15.8. The Morgan fingerprint density at radius 2 is 2.26 bits per heavy atom. The molecular formula is C11H14BrN3O4. The maximum Gasteiger partial charge on any atom is 0.319 e. The summed E-state index contributed by atoms with van der Waals surface area (Å²) in [6, 6.07) is 3.91. The van der Waals surface area contributed by atoms with E-state index in [2.05, 4.69) is 26.6 Å². The number of ether oxygens (including phenoxy) is 1. The number of urea groups is 1. The number of benzene rings is 1. The van der Waals surface area contributed by atoms with Crippen LogP contribution in [0.15, 0.2) is 22.7 Å². The average molecular weight is 332 g/mol. The van der Waals surface area contributed by atoms with Crippen molar-refractivity contribution in [3.05, 3.63) is 32.8 Å². The zero-order chi connectivity index (χ0) is 14.4. The first-order valence-electron chi connectivity index (χ1n) is 5.45. The summed E-state index contributed by atoms with van der Waals surface area (Å²) in [5.74, 6) is 0. The van der Waals surface area contributed by atoms with Crippen molar-refractivity contribution < 1.29 is 14.5 Å². The van der Waals surface area contributed by atoms with Gasteiger partial charge in [0.1, 0.15) is 0 Å². The number of nitro groups is 1. The summed E-state index contributed by atoms with van der Waals surface area (Å²) in [7, 11) is 1.54. The number of nitrogens with zero attached hydrogens (tertiary/aromatic N) is 1. The van der Waals surface area contributed by atoms with Gasteiger partial charge < -0.3 is 15.4 Å². The van der Waals surface area contributed by atoms with Gasteiger partial charge in [0.25, 0.3) is 5.69 Å². The molecule has 8 heteroatoms. The van der Waals surface area contributed by atoms with Crippen LogP contribution in [0, 0.1) is 10.1 Å². The molecule has 2 N–H and O–H groups in total. The predicted octanol–water partition coefficient (Wildman–Crippen LogP) is 2.51. The van der Waals surface area contributed by atoms with Crippen LogP contribution < -0.4 is 10.6 Å². The molecule has 7 nitrogen and oxygen atoms in total. The monoisotopic (exact) mass is 331 g/mol. The summed E-state index contributed by atoms with van der Waals surface area (Å²) in [6.45, 7) is 2.16. The number of hydrogen-bond acceptors (Lipinski definition) is 4. The van der Waals surface area contributed by atoms with E-state index in [9.17, 15) is 14.9 Å². The van der Waals surface area contributed by atoms with Crippen LogP contribution in [0.3, 0.4) is 0 Å². The van der Waals surface area contributed by atoms with Crippen LogP contribution in [0.2, 0.25) is 0 Å². The lowest BCUT2D eigenvalue weighted by atomic mass is 10.3. The SMILES string of the molecule is CO[C@H](C)CNC(=O)Nc1ccc(Br)c([N+](=O)[O-])c1. The van der Waals surface area contributed by atoms with Gasteiger partial charge in [0.05, 0.1) is 15.5 Å². The number of carbonyl (C=O) groups excluding carboxylic acids is 1. The van der Waals surface area contributed by atoms with Crippen molar-refractivity contribution in [1.29, 1.82) is 0 Å². The van der Waals surface area contributed by atoms with Crippen molar-refractivity contribution in [3.8, 4) is 0 Å². The fraction of sp³-hybridized carbons (Fsp3) is 0.364. The number of nitrogens with one attached hydrogen (secondary N) is 2. The molecule has 0 bridgehead atoms. The van der Waals surface area contributed by atoms with Gasteiger partial charge in [-0.1, -0.05) is 0 Å². The highest BCUT2D eigenvalue weighted by Gasteiger charge is 2.13. The first-order valence-corrected chi connectivity index (χ1v) is 6.25. The van der Waals surface area contributed by atoms with Gasteiger partial charge in [-0.25, -0.2) is 4.79 Å². The van der Waals surface area contributed by atoms with Crippen molar-refractivity contribution >= 4 is 33.3 Å². The van der Waals surface area contributed by atoms with Crippen molar-refractivity contribution in [2.45, 2.75) is 13.0 Å². The molecule has 0 aliphatic carbocycles. The molecule has 0 fully saturated rings. The molecule has 1 atom stereocenters. The van der Waals surface area contributed by atoms with Gasteiger partial charge in [0.2, 0.25) is 0 Å². The van der Waals surface area contributed by atoms with Gasteiger partial charge in [-0.2, -0.15) is 0 Å². The van der Waals surface area contributed by atoms with Crippen molar-refractivity contribution in [3.63, 3.8) is 0 Å². The van der Waals surface area contributed by atoms with Crippen molar-refractivity contribution in [2.75, 3.05) is 19.0 Å². The summed E-state index contributed by atoms with van der Waals surface area (Å²) >= 11 is 3.07. The van der Waals surface area contributed by atoms with Crippen LogP contribution in [0.25, 0.3) is 0 Å². The number of halogens is 1. The molecule has 0 unspecified atom stereocenters. The van der Waals surface area contributed by atoms with Gasteiger partial charge in [-0.3, -0.25) is 10.1 Å². The first kappa shape index (κ1) is 15.4. The molecule has 0 aromatic heterocycles. The molecule has 0 radical (unpaired) electrons. The minimum atomic E-state index is -0.528. The lowest BCUT2D eigenvalue weighted by molar-refractivity contribution is -0.385. The van der Waals surface area contributed by atoms with Crippen molar-refractivity contribution in [2.24, 2.45) is 0 Å². The Morgan fingerprint density at radius 1 is 1.58 bits per heavy atom. The largest absolute Gasteiger partial charge is 0.380 e. The number of methoxy groups -OCH3 is 1. The molecule has 0 aliphatic heterocycles. The molecule has 0 heterocycles. The quantitative estimate of drug-likeness (QED) is 0.640. The molecule has 0 spiro atoms. The number of anilines is 1. The predicted molar refractivity (Wildman–Crippen MR) is 74.3 cm³/mol. The molecule has 0 saturated heterocycles. The smallest absolute Gasteiger partial charge is 0.319 e. The van der Waals surface area contributed by atoms with E-state index in [0.29, 0.717) is 16.7 Å². The summed E-state index contributed by atoms with van der Waals surface area (Å²) in [6.07, 6.45) is -0.106. The van der Waals surface area contributed by atoms with E-state index in [-0.39, 0.29) is 11.8 Å². The van der Waals surface area contributed by atoms with Gasteiger partial charge in [-0.05, 0) is 35.0 Å². The molecule has 1 aromatic rings. The highest BCUT2D eigenvalue weighted by Crippen LogP contribution is 2.27. The molecular weight excluding hydrogens is 318 g/mol. The number of carbonyl (C=O) groups is 1. The molecule has 0 aliphatic rings. The normalized spacial score (nSPS) is 11.7. The van der Waals surface area contributed by atoms with E-state index in [1.807, 2.05) is 6.92 Å². The summed E-state index contributed by atoms with van der Waals surface area (Å²) in [5.41, 5.74) is 0.237. The number of nitro benzene ring substituents is 1. The lowest BCUT2D eigenvalue weighted by Crippen LogP contribution is -2.34. The van der Waals surface area contributed by atoms with E-state index in [1.54, 1.807) is 13.2 Å². The van der Waals surface area contributed by atoms with Gasteiger partial charge >= 0.3 is 6.03 Å². The van der Waals surface area contributed by atoms with Crippen LogP contribution in [0.5, 0.6) is 0 Å². The average Bonchev–Trinajstić information content (AvgIpc) is 2.37. The molecule has 0 saturated carbocycles. The maximum absolute atomic E-state index is 11.5. The second-order valence-corrected chi connectivity index (χ2v) is 4.66. The van der Waals surface area contributed by atoms with E-state index < -0.39 is 11.0 Å². The first-order chi connectivity index (χ1) is 8.93. The second kappa shape index (κ2) is 7.05. The van der Waals surface area contributed by atoms with E-state index in [0.717, 1.165) is 0 Å². The molecule has 104 valence electrons. The van der Waals surface area contributed by atoms with Gasteiger partial charge in [0, 0.05) is 25.4 Å². The van der Waals surface area contributed by atoms with E-state index >= 15 is 0 Å². The number of rotatable bonds is 5. The van der Waals surface area contributed by atoms with Gasteiger partial charge in [0.15, 0.2) is 0 Å². The van der Waals surface area contributed by atoms with Crippen LogP contribution in [0.4, 0.5) is 16.2 Å². The minimum absolute atomic E-state index is 0.106. The fourth-order valence-electron chi connectivity index (χ4n) is 1.23. The third-order valence-electron chi connectivity index (χ3n) is 2.35. The highest BCUT2D eigenvalue weighted by molar-refractivity contribution is 9.10. The fourth-order valence-corrected chi connectivity index (χ4v) is 1.62. The van der Waals surface area contributed by atoms with E-state index in [4.69, 9.17) is 4.74 Å². The van der Waals surface area contributed by atoms with Crippen LogP contribution >= 0.6 is 15.9 Å². The Labute approximate surface area is 118 Å². The Kier molecular flexibility index (Phi) is 5.71. The van der Waals surface area contributed by atoms with Crippen LogP contribution in [0.1, 0.15) is 6.92 Å². The minimum Gasteiger partial charge on any atom is -0.380 e. The Hall–Kier alpha value is -1.67. The zero-order valence-electron chi connectivity index (χ0n) is 10.5. The Balaban J connectivity index is 2.64. The Morgan fingerprint density at radius 3 is 2.84 bits per heavy atom. The van der Waals surface area contributed by atoms with Crippen molar-refractivity contribution in [1.82, 2.24) is 5.32 Å². The molecule has 1 rings (SSSR count). The third-order valence-corrected chi connectivity index (χ3v) is 3.02. The second-order valence-electron chi connectivity index (χ2n) is 3.80. The number of hydrogen-bond donors (Lipinski definition) is 2. The van der Waals surface area contributed by atoms with Crippen LogP contribution in [-0.2, 0) is 4.74 Å². The summed E-state index contributed by atoms with van der Waals surface area (Å²) in [4.78, 5) is 21.8. The lowest BCUT2D eigenvalue weighted by Gasteiger charge is -2.11. The van der Waals surface area contributed by atoms with E-state index in [1.165, 1.54) is 12.1 Å². The topological polar surface area (TPSA) is 93.5 Å². The van der Waals surface area contributed by atoms with Crippen LogP contribution in [-0.4, -0.2) is 30.7 Å². The summed E-state index contributed by atoms with van der Waals surface area (Å²) < 4.78 is 5.34. The third kappa shape index (κ3) is 4.84. The number of amides is 2. The van der Waals surface area contributed by atoms with Gasteiger partial charge in [-0.15, -0.1) is 0 Å². The molecule has 1 aromatic carbocycles. The Bertz CT molecular complexity index is 481. The molecule has 19 heavy (non-hydrogen) atoms.